The fraction of sp³-hybridized carbons (Fsp3) is 0.100. The zero-order valence-corrected chi connectivity index (χ0v) is 17.6. The third-order valence-electron chi connectivity index (χ3n) is 4.68. The summed E-state index contributed by atoms with van der Waals surface area (Å²) in [6, 6.07) is 12.2. The molecule has 4 rings (SSSR count). The smallest absolute Gasteiger partial charge is 0.286 e. The second-order valence-electron chi connectivity index (χ2n) is 6.99. The number of nitrogens with zero attached hydrogens (tertiary/aromatic N) is 4. The number of primary amides is 1. The molecule has 164 valence electrons. The molecular formula is C20H18FN7O3S. The van der Waals surface area contributed by atoms with E-state index in [1.54, 1.807) is 35.8 Å². The molecule has 0 unspecified atom stereocenters. The number of carbonyl (C=O) groups excluding carboxylic acids is 1. The second-order valence-corrected chi connectivity index (χ2v) is 8.52. The molecule has 2 heterocycles. The first-order valence-electron chi connectivity index (χ1n) is 9.32. The van der Waals surface area contributed by atoms with Crippen LogP contribution in [-0.2, 0) is 16.6 Å². The predicted octanol–water partition coefficient (Wildman–Crippen LogP) is 1.62. The molecule has 2 aromatic heterocycles. The molecule has 0 saturated carbocycles. The summed E-state index contributed by atoms with van der Waals surface area (Å²) in [6.07, 6.45) is 0. The lowest BCUT2D eigenvalue weighted by molar-refractivity contribution is 0.0990. The molecule has 0 atom stereocenters. The van der Waals surface area contributed by atoms with Crippen LogP contribution in [0.4, 0.5) is 10.3 Å². The molecule has 1 amide bonds. The Kier molecular flexibility index (Phi) is 5.32. The van der Waals surface area contributed by atoms with E-state index < -0.39 is 21.7 Å². The predicted molar refractivity (Wildman–Crippen MR) is 115 cm³/mol. The van der Waals surface area contributed by atoms with Crippen LogP contribution in [0, 0.1) is 12.7 Å². The number of aromatic nitrogens is 4. The first kappa shape index (κ1) is 21.3. The van der Waals surface area contributed by atoms with E-state index >= 15 is 0 Å². The van der Waals surface area contributed by atoms with Crippen molar-refractivity contribution in [2.24, 2.45) is 10.9 Å². The van der Waals surface area contributed by atoms with E-state index in [2.05, 4.69) is 20.3 Å². The van der Waals surface area contributed by atoms with Crippen molar-refractivity contribution in [1.82, 2.24) is 19.5 Å². The molecule has 0 radical (unpaired) electrons. The van der Waals surface area contributed by atoms with Gasteiger partial charge in [-0.15, -0.1) is 0 Å². The maximum absolute atomic E-state index is 13.4. The molecule has 0 fully saturated rings. The van der Waals surface area contributed by atoms with Crippen LogP contribution in [0.5, 0.6) is 0 Å². The first-order valence-corrected chi connectivity index (χ1v) is 10.9. The van der Waals surface area contributed by atoms with Gasteiger partial charge in [0.15, 0.2) is 0 Å². The number of sulfonamides is 1. The van der Waals surface area contributed by atoms with E-state index in [0.29, 0.717) is 22.2 Å². The third kappa shape index (κ3) is 4.13. The summed E-state index contributed by atoms with van der Waals surface area (Å²) in [7, 11) is -3.97. The van der Waals surface area contributed by atoms with Crippen LogP contribution in [0.1, 0.15) is 21.9 Å². The van der Waals surface area contributed by atoms with Gasteiger partial charge in [-0.3, -0.25) is 9.36 Å². The molecule has 10 nitrogen and oxygen atoms in total. The van der Waals surface area contributed by atoms with Gasteiger partial charge in [-0.05, 0) is 42.8 Å². The van der Waals surface area contributed by atoms with Gasteiger partial charge < -0.3 is 11.1 Å². The van der Waals surface area contributed by atoms with Crippen molar-refractivity contribution in [3.63, 3.8) is 0 Å². The maximum atomic E-state index is 13.4. The van der Waals surface area contributed by atoms with E-state index in [9.17, 15) is 17.6 Å². The van der Waals surface area contributed by atoms with Gasteiger partial charge in [-0.2, -0.15) is 15.0 Å². The maximum Gasteiger partial charge on any atom is 0.286 e. The van der Waals surface area contributed by atoms with E-state index in [1.807, 2.05) is 0 Å². The Morgan fingerprint density at radius 1 is 1.12 bits per heavy atom. The second kappa shape index (κ2) is 7.98. The van der Waals surface area contributed by atoms with Crippen LogP contribution in [-0.4, -0.2) is 33.8 Å². The van der Waals surface area contributed by atoms with Gasteiger partial charge in [0.1, 0.15) is 5.82 Å². The van der Waals surface area contributed by atoms with Crippen molar-refractivity contribution in [3.05, 3.63) is 71.4 Å². The Hall–Kier alpha value is -3.90. The van der Waals surface area contributed by atoms with Gasteiger partial charge in [-0.25, -0.2) is 17.9 Å². The Morgan fingerprint density at radius 3 is 2.56 bits per heavy atom. The lowest BCUT2D eigenvalue weighted by Crippen LogP contribution is -2.20. The highest BCUT2D eigenvalue weighted by atomic mass is 32.2. The van der Waals surface area contributed by atoms with Crippen molar-refractivity contribution < 1.29 is 17.6 Å². The van der Waals surface area contributed by atoms with Crippen molar-refractivity contribution in [3.8, 4) is 5.95 Å². The lowest BCUT2D eigenvalue weighted by Gasteiger charge is -2.11. The lowest BCUT2D eigenvalue weighted by atomic mass is 10.2. The number of aryl methyl sites for hydroxylation is 1. The average Bonchev–Trinajstić information content (AvgIpc) is 3.07. The summed E-state index contributed by atoms with van der Waals surface area (Å²) in [5, 5.41) is 8.64. The van der Waals surface area contributed by atoms with Crippen molar-refractivity contribution in [2.45, 2.75) is 18.4 Å². The summed E-state index contributed by atoms with van der Waals surface area (Å²) < 4.78 is 38.9. The number of nitrogens with one attached hydrogen (secondary N) is 1. The van der Waals surface area contributed by atoms with Crippen LogP contribution in [0.25, 0.3) is 16.9 Å². The van der Waals surface area contributed by atoms with E-state index in [-0.39, 0.29) is 29.2 Å². The largest absolute Gasteiger partial charge is 0.363 e. The van der Waals surface area contributed by atoms with Gasteiger partial charge >= 0.3 is 0 Å². The normalized spacial score (nSPS) is 11.6. The monoisotopic (exact) mass is 455 g/mol. The Balaban J connectivity index is 1.82. The number of nitrogens with two attached hydrogens (primary N) is 2. The molecule has 0 aliphatic heterocycles. The molecule has 32 heavy (non-hydrogen) atoms. The number of hydrogen-bond acceptors (Lipinski definition) is 7. The molecule has 0 aliphatic rings. The van der Waals surface area contributed by atoms with Crippen LogP contribution in [0.15, 0.2) is 53.4 Å². The molecule has 0 spiro atoms. The zero-order chi connectivity index (χ0) is 23.0. The molecular weight excluding hydrogens is 437 g/mol. The molecule has 0 aliphatic carbocycles. The van der Waals surface area contributed by atoms with Crippen LogP contribution in [0.3, 0.4) is 0 Å². The van der Waals surface area contributed by atoms with Crippen molar-refractivity contribution in [1.29, 1.82) is 0 Å². The van der Waals surface area contributed by atoms with E-state index in [1.165, 1.54) is 24.3 Å². The van der Waals surface area contributed by atoms with Gasteiger partial charge in [0, 0.05) is 17.6 Å². The van der Waals surface area contributed by atoms with Gasteiger partial charge in [0.2, 0.25) is 27.7 Å². The molecule has 12 heteroatoms. The van der Waals surface area contributed by atoms with Gasteiger partial charge in [0.05, 0.1) is 10.4 Å². The Morgan fingerprint density at radius 2 is 1.88 bits per heavy atom. The van der Waals surface area contributed by atoms with E-state index in [4.69, 9.17) is 10.9 Å². The molecule has 0 saturated heterocycles. The average molecular weight is 455 g/mol. The summed E-state index contributed by atoms with van der Waals surface area (Å²) in [5.41, 5.74) is 7.08. The molecule has 4 aromatic rings. The minimum Gasteiger partial charge on any atom is -0.363 e. The topological polar surface area (TPSA) is 159 Å². The molecule has 0 bridgehead atoms. The highest BCUT2D eigenvalue weighted by molar-refractivity contribution is 7.89. The number of halogens is 1. The fourth-order valence-corrected chi connectivity index (χ4v) is 4.07. The molecule has 2 aromatic carbocycles. The minimum atomic E-state index is -3.97. The number of amides is 1. The Bertz CT molecular complexity index is 1470. The number of fused-ring (bicyclic) bond motifs is 1. The number of carbonyl (C=O) groups is 1. The third-order valence-corrected chi connectivity index (χ3v) is 5.65. The number of primary sulfonamides is 1. The zero-order valence-electron chi connectivity index (χ0n) is 16.8. The van der Waals surface area contributed by atoms with Crippen LogP contribution in [0.2, 0.25) is 0 Å². The number of anilines is 1. The van der Waals surface area contributed by atoms with Gasteiger partial charge in [0.25, 0.3) is 5.91 Å². The quantitative estimate of drug-likeness (QED) is 0.398. The minimum absolute atomic E-state index is 0.0388. The summed E-state index contributed by atoms with van der Waals surface area (Å²) in [5.74, 6) is -1.47. The van der Waals surface area contributed by atoms with E-state index in [0.717, 1.165) is 0 Å². The highest BCUT2D eigenvalue weighted by Gasteiger charge is 2.20. The standard InChI is InChI=1S/C20H18FN7O3S/c1-11-8-14-15(6-3-7-16(14)32(23,30)31)28(11)20-26-18(17(22)29)25-19(27-20)24-10-12-4-2-5-13(21)9-12/h2-9H,10H2,1H3,(H2,22,29)(H2,23,30,31)(H,24,25,26,27). The summed E-state index contributed by atoms with van der Waals surface area (Å²) >= 11 is 0. The first-order chi connectivity index (χ1) is 15.1. The molecule has 5 N–H and O–H groups in total. The van der Waals surface area contributed by atoms with Crippen LogP contribution >= 0.6 is 0 Å². The Labute approximate surface area is 182 Å². The highest BCUT2D eigenvalue weighted by Crippen LogP contribution is 2.28. The number of rotatable bonds is 6. The number of benzene rings is 2. The van der Waals surface area contributed by atoms with Gasteiger partial charge in [-0.1, -0.05) is 18.2 Å². The van der Waals surface area contributed by atoms with Crippen LogP contribution < -0.4 is 16.2 Å². The van der Waals surface area contributed by atoms with Crippen molar-refractivity contribution >= 4 is 32.8 Å². The fourth-order valence-electron chi connectivity index (χ4n) is 3.33. The number of hydrogen-bond donors (Lipinski definition) is 3. The summed E-state index contributed by atoms with van der Waals surface area (Å²) in [4.78, 5) is 24.3. The SMILES string of the molecule is Cc1cc2c(S(N)(=O)=O)cccc2n1-c1nc(NCc2cccc(F)c2)nc(C(N)=O)n1. The van der Waals surface area contributed by atoms with Crippen molar-refractivity contribution in [2.75, 3.05) is 5.32 Å². The summed E-state index contributed by atoms with van der Waals surface area (Å²) in [6.45, 7) is 1.90.